The number of benzene rings is 1. The smallest absolute Gasteiger partial charge is 0.0781 e. The van der Waals surface area contributed by atoms with Crippen LogP contribution in [0.3, 0.4) is 0 Å². The molecule has 1 unspecified atom stereocenters. The number of rotatable bonds is 6. The van der Waals surface area contributed by atoms with Crippen molar-refractivity contribution < 1.29 is 4.74 Å². The average molecular weight is 297 g/mol. The van der Waals surface area contributed by atoms with Crippen LogP contribution in [-0.4, -0.2) is 20.3 Å². The van der Waals surface area contributed by atoms with Gasteiger partial charge in [-0.2, -0.15) is 0 Å². The predicted octanol–water partition coefficient (Wildman–Crippen LogP) is 4.33. The van der Waals surface area contributed by atoms with Gasteiger partial charge in [-0.25, -0.2) is 0 Å². The first-order valence-electron chi connectivity index (χ1n) is 5.43. The Labute approximate surface area is 117 Å². The lowest BCUT2D eigenvalue weighted by atomic mass is 10.1. The second-order valence-electron chi connectivity index (χ2n) is 3.79. The highest BCUT2D eigenvalue weighted by Crippen LogP contribution is 2.35. The second-order valence-corrected chi connectivity index (χ2v) is 4.95. The molecule has 0 aliphatic carbocycles. The molecule has 0 aliphatic heterocycles. The number of nitrogens with one attached hydrogen (secondary N) is 1. The zero-order chi connectivity index (χ0) is 12.8. The summed E-state index contributed by atoms with van der Waals surface area (Å²) >= 11 is 18.0. The molecular formula is C12H16Cl3NO. The highest BCUT2D eigenvalue weighted by molar-refractivity contribution is 6.48. The zero-order valence-electron chi connectivity index (χ0n) is 9.90. The van der Waals surface area contributed by atoms with E-state index in [1.165, 1.54) is 0 Å². The Morgan fingerprint density at radius 2 is 1.94 bits per heavy atom. The number of hydrogen-bond acceptors (Lipinski definition) is 2. The Morgan fingerprint density at radius 1 is 1.24 bits per heavy atom. The molecule has 0 heterocycles. The number of hydrogen-bond donors (Lipinski definition) is 1. The molecule has 1 atom stereocenters. The quantitative estimate of drug-likeness (QED) is 0.623. The van der Waals surface area contributed by atoms with Crippen LogP contribution in [0.25, 0.3) is 0 Å². The Balaban J connectivity index is 2.63. The molecule has 0 fully saturated rings. The molecular weight excluding hydrogens is 280 g/mol. The van der Waals surface area contributed by atoms with E-state index in [1.54, 1.807) is 13.2 Å². The molecule has 1 aromatic carbocycles. The Morgan fingerprint density at radius 3 is 2.59 bits per heavy atom. The number of methoxy groups -OCH3 is 1. The van der Waals surface area contributed by atoms with Crippen LogP contribution < -0.4 is 5.32 Å². The minimum Gasteiger partial charge on any atom is -0.385 e. The lowest BCUT2D eigenvalue weighted by molar-refractivity contribution is 0.193. The van der Waals surface area contributed by atoms with Crippen molar-refractivity contribution in [3.63, 3.8) is 0 Å². The average Bonchev–Trinajstić information content (AvgIpc) is 2.31. The largest absolute Gasteiger partial charge is 0.385 e. The van der Waals surface area contributed by atoms with Crippen LogP contribution in [0.2, 0.25) is 15.1 Å². The Bertz CT molecular complexity index is 371. The van der Waals surface area contributed by atoms with Crippen LogP contribution in [-0.2, 0) is 4.74 Å². The first-order chi connectivity index (χ1) is 8.07. The lowest BCUT2D eigenvalue weighted by Gasteiger charge is -2.16. The highest BCUT2D eigenvalue weighted by atomic mass is 35.5. The van der Waals surface area contributed by atoms with Crippen LogP contribution in [0, 0.1) is 0 Å². The van der Waals surface area contributed by atoms with Crippen molar-refractivity contribution in [2.75, 3.05) is 20.3 Å². The van der Waals surface area contributed by atoms with E-state index in [0.29, 0.717) is 15.1 Å². The minimum absolute atomic E-state index is 0.133. The van der Waals surface area contributed by atoms with Gasteiger partial charge in [0.1, 0.15) is 0 Å². The summed E-state index contributed by atoms with van der Waals surface area (Å²) in [6, 6.07) is 3.79. The summed E-state index contributed by atoms with van der Waals surface area (Å²) in [6.07, 6.45) is 0.958. The van der Waals surface area contributed by atoms with Crippen LogP contribution in [0.4, 0.5) is 0 Å². The monoisotopic (exact) mass is 295 g/mol. The van der Waals surface area contributed by atoms with Gasteiger partial charge in [0, 0.05) is 19.8 Å². The van der Waals surface area contributed by atoms with E-state index in [2.05, 4.69) is 5.32 Å². The van der Waals surface area contributed by atoms with Gasteiger partial charge in [0.25, 0.3) is 0 Å². The topological polar surface area (TPSA) is 21.3 Å². The first-order valence-corrected chi connectivity index (χ1v) is 6.57. The van der Waals surface area contributed by atoms with E-state index in [4.69, 9.17) is 39.5 Å². The molecule has 0 amide bonds. The van der Waals surface area contributed by atoms with Crippen molar-refractivity contribution >= 4 is 34.8 Å². The van der Waals surface area contributed by atoms with Gasteiger partial charge in [0.2, 0.25) is 0 Å². The van der Waals surface area contributed by atoms with Gasteiger partial charge in [0.05, 0.1) is 15.1 Å². The summed E-state index contributed by atoms with van der Waals surface area (Å²) < 4.78 is 4.98. The molecule has 1 N–H and O–H groups in total. The number of halogens is 3. The molecule has 2 nitrogen and oxygen atoms in total. The van der Waals surface area contributed by atoms with E-state index in [0.717, 1.165) is 25.1 Å². The maximum absolute atomic E-state index is 6.15. The second kappa shape index (κ2) is 7.45. The lowest BCUT2D eigenvalue weighted by Crippen LogP contribution is -2.21. The van der Waals surface area contributed by atoms with Gasteiger partial charge >= 0.3 is 0 Å². The van der Waals surface area contributed by atoms with Crippen molar-refractivity contribution in [3.8, 4) is 0 Å². The molecule has 96 valence electrons. The fourth-order valence-electron chi connectivity index (χ4n) is 1.52. The number of ether oxygens (including phenoxy) is 1. The van der Waals surface area contributed by atoms with Crippen LogP contribution in [0.5, 0.6) is 0 Å². The molecule has 0 radical (unpaired) electrons. The maximum atomic E-state index is 6.15. The van der Waals surface area contributed by atoms with Gasteiger partial charge in [-0.1, -0.05) is 40.9 Å². The normalized spacial score (nSPS) is 12.8. The molecule has 0 spiro atoms. The van der Waals surface area contributed by atoms with E-state index in [1.807, 2.05) is 13.0 Å². The van der Waals surface area contributed by atoms with Crippen molar-refractivity contribution in [1.29, 1.82) is 0 Å². The van der Waals surface area contributed by atoms with Crippen molar-refractivity contribution in [2.24, 2.45) is 0 Å². The van der Waals surface area contributed by atoms with Gasteiger partial charge < -0.3 is 10.1 Å². The molecule has 0 saturated carbocycles. The molecule has 0 aromatic heterocycles. The van der Waals surface area contributed by atoms with Gasteiger partial charge in [-0.05, 0) is 31.5 Å². The van der Waals surface area contributed by atoms with Gasteiger partial charge in [-0.3, -0.25) is 0 Å². The van der Waals surface area contributed by atoms with E-state index in [9.17, 15) is 0 Å². The third-order valence-corrected chi connectivity index (χ3v) is 3.82. The summed E-state index contributed by atoms with van der Waals surface area (Å²) in [6.45, 7) is 3.65. The molecule has 0 saturated heterocycles. The highest BCUT2D eigenvalue weighted by Gasteiger charge is 2.13. The SMILES string of the molecule is COCCCNC(C)c1ccc(Cl)c(Cl)c1Cl. The zero-order valence-corrected chi connectivity index (χ0v) is 12.2. The first kappa shape index (κ1) is 15.1. The Hall–Kier alpha value is 0.01000. The van der Waals surface area contributed by atoms with Crippen molar-refractivity contribution in [3.05, 3.63) is 32.8 Å². The molecule has 17 heavy (non-hydrogen) atoms. The fraction of sp³-hybridized carbons (Fsp3) is 0.500. The summed E-state index contributed by atoms with van der Waals surface area (Å²) in [7, 11) is 1.69. The standard InChI is InChI=1S/C12H16Cl3NO/c1-8(16-6-3-7-17-2)9-4-5-10(13)12(15)11(9)14/h4-5,8,16H,3,6-7H2,1-2H3. The Kier molecular flexibility index (Phi) is 6.60. The molecule has 5 heteroatoms. The van der Waals surface area contributed by atoms with E-state index in [-0.39, 0.29) is 6.04 Å². The maximum Gasteiger partial charge on any atom is 0.0781 e. The summed E-state index contributed by atoms with van der Waals surface area (Å²) in [5, 5.41) is 4.77. The molecule has 0 aliphatic rings. The summed E-state index contributed by atoms with van der Waals surface area (Å²) in [5.74, 6) is 0. The van der Waals surface area contributed by atoms with Crippen molar-refractivity contribution in [1.82, 2.24) is 5.32 Å². The minimum atomic E-state index is 0.133. The fourth-order valence-corrected chi connectivity index (χ4v) is 2.23. The molecule has 1 rings (SSSR count). The summed E-state index contributed by atoms with van der Waals surface area (Å²) in [5.41, 5.74) is 0.957. The predicted molar refractivity (Wildman–Crippen MR) is 74.4 cm³/mol. The third kappa shape index (κ3) is 4.31. The van der Waals surface area contributed by atoms with E-state index < -0.39 is 0 Å². The molecule has 0 bridgehead atoms. The van der Waals surface area contributed by atoms with Gasteiger partial charge in [0.15, 0.2) is 0 Å². The third-order valence-electron chi connectivity index (χ3n) is 2.51. The van der Waals surface area contributed by atoms with Gasteiger partial charge in [-0.15, -0.1) is 0 Å². The van der Waals surface area contributed by atoms with Crippen molar-refractivity contribution in [2.45, 2.75) is 19.4 Å². The van der Waals surface area contributed by atoms with E-state index >= 15 is 0 Å². The van der Waals surface area contributed by atoms with Crippen LogP contribution in [0.1, 0.15) is 24.9 Å². The van der Waals surface area contributed by atoms with Crippen LogP contribution in [0.15, 0.2) is 12.1 Å². The summed E-state index contributed by atoms with van der Waals surface area (Å²) in [4.78, 5) is 0. The van der Waals surface area contributed by atoms with Crippen LogP contribution >= 0.6 is 34.8 Å². The molecule has 1 aromatic rings.